The van der Waals surface area contributed by atoms with Crippen LogP contribution in [-0.2, 0) is 0 Å². The molecule has 0 aliphatic heterocycles. The van der Waals surface area contributed by atoms with E-state index in [1.165, 1.54) is 38.5 Å². The van der Waals surface area contributed by atoms with Gasteiger partial charge in [-0.25, -0.2) is 0 Å². The zero-order valence-corrected chi connectivity index (χ0v) is 11.9. The van der Waals surface area contributed by atoms with Crippen LogP contribution in [0.3, 0.4) is 0 Å². The van der Waals surface area contributed by atoms with Gasteiger partial charge in [-0.3, -0.25) is 0 Å². The zero-order valence-electron chi connectivity index (χ0n) is 11.9. The van der Waals surface area contributed by atoms with Crippen molar-refractivity contribution in [1.29, 1.82) is 0 Å². The minimum Gasteiger partial charge on any atom is -0.103 e. The summed E-state index contributed by atoms with van der Waals surface area (Å²) in [6.07, 6.45) is 18.9. The molecular formula is C18H30. The lowest BCUT2D eigenvalue weighted by Gasteiger charge is -2.43. The van der Waals surface area contributed by atoms with Crippen molar-refractivity contribution >= 4 is 0 Å². The molecule has 0 bridgehead atoms. The van der Waals surface area contributed by atoms with Crippen molar-refractivity contribution in [3.63, 3.8) is 0 Å². The fourth-order valence-electron chi connectivity index (χ4n) is 5.19. The average Bonchev–Trinajstić information content (AvgIpc) is 2.47. The Bertz CT molecular complexity index is 272. The summed E-state index contributed by atoms with van der Waals surface area (Å²) in [6, 6.07) is 0. The predicted molar refractivity (Wildman–Crippen MR) is 78.4 cm³/mol. The summed E-state index contributed by atoms with van der Waals surface area (Å²) in [7, 11) is 0. The van der Waals surface area contributed by atoms with Crippen LogP contribution in [0.5, 0.6) is 0 Å². The molecule has 3 aliphatic rings. The Hall–Kier alpha value is -0.260. The van der Waals surface area contributed by atoms with E-state index < -0.39 is 0 Å². The van der Waals surface area contributed by atoms with Crippen molar-refractivity contribution in [2.75, 3.05) is 0 Å². The minimum absolute atomic E-state index is 0.840. The Balaban J connectivity index is 1.53. The molecule has 0 aromatic heterocycles. The third-order valence-corrected chi connectivity index (χ3v) is 6.40. The lowest BCUT2D eigenvalue weighted by molar-refractivity contribution is 0.0817. The zero-order chi connectivity index (χ0) is 12.4. The Morgan fingerprint density at radius 2 is 1.11 bits per heavy atom. The lowest BCUT2D eigenvalue weighted by Crippen LogP contribution is -2.32. The minimum atomic E-state index is 0.840. The van der Waals surface area contributed by atoms with Crippen molar-refractivity contribution in [2.24, 2.45) is 29.6 Å². The third-order valence-electron chi connectivity index (χ3n) is 6.40. The fraction of sp³-hybridized carbons (Fsp3) is 0.889. The van der Waals surface area contributed by atoms with Crippen LogP contribution in [0, 0.1) is 29.6 Å². The average molecular weight is 246 g/mol. The van der Waals surface area contributed by atoms with E-state index >= 15 is 0 Å². The second-order valence-electron chi connectivity index (χ2n) is 7.29. The molecule has 0 N–H and O–H groups in total. The van der Waals surface area contributed by atoms with Gasteiger partial charge in [-0.05, 0) is 74.5 Å². The van der Waals surface area contributed by atoms with Gasteiger partial charge in [0.25, 0.3) is 0 Å². The molecule has 3 fully saturated rings. The monoisotopic (exact) mass is 246 g/mol. The Morgan fingerprint density at radius 1 is 0.611 bits per heavy atom. The molecule has 0 aromatic carbocycles. The molecule has 0 radical (unpaired) electrons. The van der Waals surface area contributed by atoms with Gasteiger partial charge < -0.3 is 0 Å². The van der Waals surface area contributed by atoms with Crippen LogP contribution in [-0.4, -0.2) is 0 Å². The van der Waals surface area contributed by atoms with E-state index in [1.807, 2.05) is 0 Å². The molecule has 0 amide bonds. The third kappa shape index (κ3) is 2.68. The molecule has 0 heteroatoms. The molecule has 0 heterocycles. The number of hydrogen-bond acceptors (Lipinski definition) is 0. The second kappa shape index (κ2) is 5.80. The van der Waals surface area contributed by atoms with Crippen LogP contribution in [0.1, 0.15) is 70.6 Å². The number of fused-ring (bicyclic) bond motifs is 1. The quantitative estimate of drug-likeness (QED) is 0.557. The molecule has 18 heavy (non-hydrogen) atoms. The van der Waals surface area contributed by atoms with E-state index in [2.05, 4.69) is 12.7 Å². The van der Waals surface area contributed by atoms with Crippen LogP contribution in [0.2, 0.25) is 0 Å². The van der Waals surface area contributed by atoms with Crippen LogP contribution in [0.4, 0.5) is 0 Å². The van der Waals surface area contributed by atoms with Gasteiger partial charge in [0.1, 0.15) is 0 Å². The molecule has 0 spiro atoms. The first-order chi connectivity index (χ1) is 8.86. The number of allylic oxidation sites excluding steroid dienone is 1. The summed E-state index contributed by atoms with van der Waals surface area (Å²) in [6.45, 7) is 3.98. The molecule has 0 nitrogen and oxygen atoms in total. The van der Waals surface area contributed by atoms with Crippen LogP contribution in [0.25, 0.3) is 0 Å². The molecule has 0 saturated heterocycles. The van der Waals surface area contributed by atoms with Crippen molar-refractivity contribution in [2.45, 2.75) is 70.6 Å². The van der Waals surface area contributed by atoms with Crippen LogP contribution in [0.15, 0.2) is 12.7 Å². The van der Waals surface area contributed by atoms with Crippen molar-refractivity contribution < 1.29 is 0 Å². The highest BCUT2D eigenvalue weighted by atomic mass is 14.4. The van der Waals surface area contributed by atoms with Gasteiger partial charge in [0.2, 0.25) is 0 Å². The smallest absolute Gasteiger partial charge is 0.0236 e. The maximum absolute atomic E-state index is 3.98. The summed E-state index contributed by atoms with van der Waals surface area (Å²) < 4.78 is 0. The van der Waals surface area contributed by atoms with Gasteiger partial charge in [-0.2, -0.15) is 0 Å². The second-order valence-corrected chi connectivity index (χ2v) is 7.29. The van der Waals surface area contributed by atoms with E-state index in [9.17, 15) is 0 Å². The Kier molecular flexibility index (Phi) is 4.11. The predicted octanol–water partition coefficient (Wildman–Crippen LogP) is 5.59. The summed E-state index contributed by atoms with van der Waals surface area (Å²) in [5.74, 6) is 5.25. The first-order valence-corrected chi connectivity index (χ1v) is 8.49. The van der Waals surface area contributed by atoms with E-state index in [0.717, 1.165) is 29.6 Å². The summed E-state index contributed by atoms with van der Waals surface area (Å²) in [5, 5.41) is 0. The maximum atomic E-state index is 3.98. The van der Waals surface area contributed by atoms with E-state index in [0.29, 0.717) is 0 Å². The molecule has 0 aromatic rings. The molecule has 3 aliphatic carbocycles. The van der Waals surface area contributed by atoms with Gasteiger partial charge in [0, 0.05) is 0 Å². The van der Waals surface area contributed by atoms with Crippen molar-refractivity contribution in [1.82, 2.24) is 0 Å². The molecule has 3 saturated carbocycles. The largest absolute Gasteiger partial charge is 0.103 e. The molecule has 3 rings (SSSR count). The Morgan fingerprint density at radius 3 is 1.83 bits per heavy atom. The molecular weight excluding hydrogens is 216 g/mol. The highest BCUT2D eigenvalue weighted by Crippen LogP contribution is 2.47. The molecule has 3 atom stereocenters. The van der Waals surface area contributed by atoms with E-state index in [-0.39, 0.29) is 0 Å². The Labute approximate surface area is 113 Å². The van der Waals surface area contributed by atoms with Crippen molar-refractivity contribution in [3.8, 4) is 0 Å². The first kappa shape index (κ1) is 12.8. The molecule has 3 unspecified atom stereocenters. The van der Waals surface area contributed by atoms with Gasteiger partial charge in [0.05, 0.1) is 0 Å². The molecule has 102 valence electrons. The van der Waals surface area contributed by atoms with Crippen LogP contribution >= 0.6 is 0 Å². The highest BCUT2D eigenvalue weighted by molar-refractivity contribution is 4.90. The topological polar surface area (TPSA) is 0 Å². The SMILES string of the molecule is C=CC1CCC(C2CCC3CCCCC3C2)CC1. The van der Waals surface area contributed by atoms with Gasteiger partial charge in [-0.1, -0.05) is 31.8 Å². The van der Waals surface area contributed by atoms with Gasteiger partial charge >= 0.3 is 0 Å². The summed E-state index contributed by atoms with van der Waals surface area (Å²) in [4.78, 5) is 0. The fourth-order valence-corrected chi connectivity index (χ4v) is 5.19. The maximum Gasteiger partial charge on any atom is -0.0236 e. The van der Waals surface area contributed by atoms with E-state index in [4.69, 9.17) is 0 Å². The van der Waals surface area contributed by atoms with Gasteiger partial charge in [-0.15, -0.1) is 6.58 Å². The van der Waals surface area contributed by atoms with Crippen molar-refractivity contribution in [3.05, 3.63) is 12.7 Å². The number of rotatable bonds is 2. The van der Waals surface area contributed by atoms with E-state index in [1.54, 1.807) is 32.1 Å². The highest BCUT2D eigenvalue weighted by Gasteiger charge is 2.36. The van der Waals surface area contributed by atoms with Gasteiger partial charge in [0.15, 0.2) is 0 Å². The van der Waals surface area contributed by atoms with Crippen LogP contribution < -0.4 is 0 Å². The summed E-state index contributed by atoms with van der Waals surface area (Å²) >= 11 is 0. The lowest BCUT2D eigenvalue weighted by atomic mass is 9.62. The number of hydrogen-bond donors (Lipinski definition) is 0. The summed E-state index contributed by atoms with van der Waals surface area (Å²) in [5.41, 5.74) is 0. The standard InChI is InChI=1S/C18H30/c1-2-14-7-9-16(10-8-14)18-12-11-15-5-3-4-6-17(15)13-18/h2,14-18H,1,3-13H2. The first-order valence-electron chi connectivity index (χ1n) is 8.49. The normalized spacial score (nSPS) is 45.2.